The second-order valence-electron chi connectivity index (χ2n) is 7.17. The van der Waals surface area contributed by atoms with Crippen molar-refractivity contribution in [3.05, 3.63) is 52.2 Å². The van der Waals surface area contributed by atoms with E-state index in [4.69, 9.17) is 10.00 Å². The van der Waals surface area contributed by atoms with Crippen LogP contribution in [0.25, 0.3) is 0 Å². The van der Waals surface area contributed by atoms with Gasteiger partial charge in [0.05, 0.1) is 18.2 Å². The van der Waals surface area contributed by atoms with Crippen molar-refractivity contribution >= 4 is 11.3 Å². The van der Waals surface area contributed by atoms with E-state index in [0.29, 0.717) is 17.4 Å². The van der Waals surface area contributed by atoms with E-state index in [-0.39, 0.29) is 0 Å². The van der Waals surface area contributed by atoms with Gasteiger partial charge in [0.25, 0.3) is 0 Å². The van der Waals surface area contributed by atoms with Gasteiger partial charge in [-0.15, -0.1) is 0 Å². The summed E-state index contributed by atoms with van der Waals surface area (Å²) in [5.74, 6) is 1.95. The Hall–Kier alpha value is -1.83. The first kappa shape index (κ1) is 18.9. The number of hydrogen-bond donors (Lipinski definition) is 0. The van der Waals surface area contributed by atoms with Gasteiger partial charge >= 0.3 is 0 Å². The molecule has 2 atom stereocenters. The maximum Gasteiger partial charge on any atom is 0.119 e. The van der Waals surface area contributed by atoms with Crippen LogP contribution >= 0.6 is 11.3 Å². The molecule has 0 radical (unpaired) electrons. The number of nitriles is 1. The lowest BCUT2D eigenvalue weighted by atomic mass is 9.82. The Labute approximate surface area is 161 Å². The Kier molecular flexibility index (Phi) is 7.11. The highest BCUT2D eigenvalue weighted by Gasteiger charge is 2.31. The molecule has 0 bridgehead atoms. The first-order chi connectivity index (χ1) is 12.8. The lowest BCUT2D eigenvalue weighted by molar-refractivity contribution is 0.110. The number of unbranched alkanes of at least 4 members (excludes halogenated alkanes) is 2. The predicted octanol–water partition coefficient (Wildman–Crippen LogP) is 5.29. The summed E-state index contributed by atoms with van der Waals surface area (Å²) in [6.07, 6.45) is 5.10. The van der Waals surface area contributed by atoms with Crippen molar-refractivity contribution in [2.45, 2.75) is 38.5 Å². The van der Waals surface area contributed by atoms with E-state index in [1.54, 1.807) is 11.3 Å². The zero-order valence-electron chi connectivity index (χ0n) is 15.6. The molecule has 0 aliphatic carbocycles. The Morgan fingerprint density at radius 2 is 2.08 bits per heavy atom. The summed E-state index contributed by atoms with van der Waals surface area (Å²) < 4.78 is 6.11. The van der Waals surface area contributed by atoms with Gasteiger partial charge in [-0.1, -0.05) is 19.8 Å². The number of likely N-dealkylation sites (tertiary alicyclic amines) is 1. The van der Waals surface area contributed by atoms with Gasteiger partial charge in [-0.05, 0) is 78.5 Å². The third-order valence-electron chi connectivity index (χ3n) is 5.31. The molecular weight excluding hydrogens is 340 g/mol. The number of benzene rings is 1. The molecule has 138 valence electrons. The van der Waals surface area contributed by atoms with Crippen molar-refractivity contribution in [3.63, 3.8) is 0 Å². The molecule has 0 spiro atoms. The summed E-state index contributed by atoms with van der Waals surface area (Å²) in [5, 5.41) is 13.4. The van der Waals surface area contributed by atoms with Crippen LogP contribution in [0.15, 0.2) is 41.1 Å². The van der Waals surface area contributed by atoms with Crippen LogP contribution in [0.5, 0.6) is 5.75 Å². The second kappa shape index (κ2) is 9.75. The van der Waals surface area contributed by atoms with Crippen molar-refractivity contribution in [3.8, 4) is 11.8 Å². The van der Waals surface area contributed by atoms with Gasteiger partial charge in [-0.25, -0.2) is 0 Å². The SMILES string of the molecule is CCCCCN1CCC(c2ccsc2)C(COc2ccc(C#N)cc2)C1. The molecule has 3 nitrogen and oxygen atoms in total. The van der Waals surface area contributed by atoms with Crippen molar-refractivity contribution in [2.24, 2.45) is 5.92 Å². The minimum absolute atomic E-state index is 0.510. The smallest absolute Gasteiger partial charge is 0.119 e. The third kappa shape index (κ3) is 5.09. The van der Waals surface area contributed by atoms with Crippen LogP contribution in [-0.4, -0.2) is 31.1 Å². The van der Waals surface area contributed by atoms with E-state index in [1.807, 2.05) is 24.3 Å². The van der Waals surface area contributed by atoms with Crippen LogP contribution in [-0.2, 0) is 0 Å². The van der Waals surface area contributed by atoms with Gasteiger partial charge in [0.2, 0.25) is 0 Å². The van der Waals surface area contributed by atoms with Crippen LogP contribution in [0.4, 0.5) is 0 Å². The number of nitrogens with zero attached hydrogens (tertiary/aromatic N) is 2. The average molecular weight is 369 g/mol. The summed E-state index contributed by atoms with van der Waals surface area (Å²) in [6.45, 7) is 6.50. The van der Waals surface area contributed by atoms with Crippen LogP contribution < -0.4 is 4.74 Å². The molecule has 3 rings (SSSR count). The van der Waals surface area contributed by atoms with Crippen LogP contribution in [0, 0.1) is 17.2 Å². The lowest BCUT2D eigenvalue weighted by Crippen LogP contribution is -2.42. The molecule has 0 N–H and O–H groups in total. The number of thiophene rings is 1. The van der Waals surface area contributed by atoms with E-state index in [2.05, 4.69) is 34.7 Å². The van der Waals surface area contributed by atoms with Gasteiger partial charge in [0.15, 0.2) is 0 Å². The van der Waals surface area contributed by atoms with Crippen LogP contribution in [0.3, 0.4) is 0 Å². The minimum atomic E-state index is 0.510. The van der Waals surface area contributed by atoms with E-state index in [9.17, 15) is 0 Å². The van der Waals surface area contributed by atoms with Crippen molar-refractivity contribution in [1.29, 1.82) is 5.26 Å². The van der Waals surface area contributed by atoms with Crippen molar-refractivity contribution in [2.75, 3.05) is 26.2 Å². The van der Waals surface area contributed by atoms with E-state index in [1.165, 1.54) is 44.3 Å². The molecule has 1 aromatic carbocycles. The molecule has 1 saturated heterocycles. The summed E-state index contributed by atoms with van der Waals surface area (Å²) in [6, 6.07) is 11.9. The van der Waals surface area contributed by atoms with E-state index >= 15 is 0 Å². The fourth-order valence-electron chi connectivity index (χ4n) is 3.82. The number of ether oxygens (including phenoxy) is 1. The number of rotatable bonds is 8. The van der Waals surface area contributed by atoms with E-state index in [0.717, 1.165) is 18.9 Å². The fourth-order valence-corrected chi connectivity index (χ4v) is 4.54. The molecular formula is C22H28N2OS. The normalized spacial score (nSPS) is 20.6. The molecule has 2 heterocycles. The fraction of sp³-hybridized carbons (Fsp3) is 0.500. The largest absolute Gasteiger partial charge is 0.493 e. The van der Waals surface area contributed by atoms with Gasteiger partial charge in [-0.3, -0.25) is 0 Å². The monoisotopic (exact) mass is 368 g/mol. The molecule has 2 aromatic rings. The van der Waals surface area contributed by atoms with Gasteiger partial charge < -0.3 is 9.64 Å². The van der Waals surface area contributed by atoms with E-state index < -0.39 is 0 Å². The minimum Gasteiger partial charge on any atom is -0.493 e. The predicted molar refractivity (Wildman–Crippen MR) is 108 cm³/mol. The molecule has 0 saturated carbocycles. The standard InChI is InChI=1S/C22H28N2OS/c1-2-3-4-11-24-12-9-22(19-10-13-26-17-19)20(15-24)16-25-21-7-5-18(14-23)6-8-21/h5-8,10,13,17,20,22H,2-4,9,11-12,15-16H2,1H3. The first-order valence-corrected chi connectivity index (χ1v) is 10.6. The highest BCUT2D eigenvalue weighted by Crippen LogP contribution is 2.34. The summed E-state index contributed by atoms with van der Waals surface area (Å²) >= 11 is 1.79. The molecule has 0 amide bonds. The van der Waals surface area contributed by atoms with Gasteiger partial charge in [0, 0.05) is 12.5 Å². The van der Waals surface area contributed by atoms with Gasteiger partial charge in [-0.2, -0.15) is 16.6 Å². The Bertz CT molecular complexity index is 690. The summed E-state index contributed by atoms with van der Waals surface area (Å²) in [7, 11) is 0. The maximum atomic E-state index is 8.93. The number of piperidine rings is 1. The highest BCUT2D eigenvalue weighted by atomic mass is 32.1. The van der Waals surface area contributed by atoms with Crippen molar-refractivity contribution < 1.29 is 4.74 Å². The molecule has 1 fully saturated rings. The Balaban J connectivity index is 1.62. The topological polar surface area (TPSA) is 36.3 Å². The van der Waals surface area contributed by atoms with Crippen molar-refractivity contribution in [1.82, 2.24) is 4.90 Å². The molecule has 2 unspecified atom stereocenters. The molecule has 26 heavy (non-hydrogen) atoms. The second-order valence-corrected chi connectivity index (χ2v) is 7.95. The molecule has 1 aliphatic rings. The first-order valence-electron chi connectivity index (χ1n) is 9.67. The third-order valence-corrected chi connectivity index (χ3v) is 6.02. The number of hydrogen-bond acceptors (Lipinski definition) is 4. The highest BCUT2D eigenvalue weighted by molar-refractivity contribution is 7.07. The maximum absolute atomic E-state index is 8.93. The Morgan fingerprint density at radius 1 is 1.23 bits per heavy atom. The van der Waals surface area contributed by atoms with Gasteiger partial charge in [0.1, 0.15) is 5.75 Å². The summed E-state index contributed by atoms with van der Waals surface area (Å²) in [5.41, 5.74) is 2.14. The zero-order chi connectivity index (χ0) is 18.2. The Morgan fingerprint density at radius 3 is 2.77 bits per heavy atom. The molecule has 1 aliphatic heterocycles. The molecule has 4 heteroatoms. The lowest BCUT2D eigenvalue weighted by Gasteiger charge is -2.38. The quantitative estimate of drug-likeness (QED) is 0.594. The average Bonchev–Trinajstić information content (AvgIpc) is 3.21. The van der Waals surface area contributed by atoms with Crippen LogP contribution in [0.2, 0.25) is 0 Å². The van der Waals surface area contributed by atoms with Crippen LogP contribution in [0.1, 0.15) is 49.7 Å². The summed E-state index contributed by atoms with van der Waals surface area (Å²) in [4.78, 5) is 2.62. The molecule has 1 aromatic heterocycles. The zero-order valence-corrected chi connectivity index (χ0v) is 16.4.